The Labute approximate surface area is 128 Å². The van der Waals surface area contributed by atoms with Crippen molar-refractivity contribution >= 4 is 23.2 Å². The van der Waals surface area contributed by atoms with Gasteiger partial charge in [-0.2, -0.15) is 4.98 Å². The number of nitrogens with zero attached hydrogens (tertiary/aromatic N) is 2. The molecule has 3 aromatic rings. The molecule has 0 spiro atoms. The van der Waals surface area contributed by atoms with E-state index in [1.807, 2.05) is 0 Å². The minimum absolute atomic E-state index is 0.0681. The van der Waals surface area contributed by atoms with Crippen LogP contribution in [-0.2, 0) is 0 Å². The lowest BCUT2D eigenvalue weighted by atomic mass is 10.2. The van der Waals surface area contributed by atoms with Gasteiger partial charge in [-0.05, 0) is 30.3 Å². The fourth-order valence-corrected chi connectivity index (χ4v) is 2.34. The van der Waals surface area contributed by atoms with E-state index >= 15 is 0 Å². The first-order valence-electron chi connectivity index (χ1n) is 5.82. The van der Waals surface area contributed by atoms with Crippen molar-refractivity contribution in [2.45, 2.75) is 0 Å². The minimum atomic E-state index is -0.558. The van der Waals surface area contributed by atoms with E-state index in [2.05, 4.69) is 10.1 Å². The van der Waals surface area contributed by atoms with Gasteiger partial charge < -0.3 is 9.63 Å². The maximum absolute atomic E-state index is 13.0. The number of rotatable bonds is 2. The molecule has 4 nitrogen and oxygen atoms in total. The predicted octanol–water partition coefficient (Wildman–Crippen LogP) is 4.56. The molecule has 0 atom stereocenters. The molecule has 0 unspecified atom stereocenters. The molecule has 0 radical (unpaired) electrons. The Morgan fingerprint density at radius 2 is 1.76 bits per heavy atom. The molecule has 0 saturated carbocycles. The molecule has 0 aliphatic heterocycles. The zero-order chi connectivity index (χ0) is 15.0. The van der Waals surface area contributed by atoms with Crippen molar-refractivity contribution in [3.8, 4) is 28.6 Å². The zero-order valence-corrected chi connectivity index (χ0v) is 11.9. The summed E-state index contributed by atoms with van der Waals surface area (Å²) in [7, 11) is 0. The molecule has 7 heteroatoms. The summed E-state index contributed by atoms with van der Waals surface area (Å²) in [5, 5.41) is 14.4. The smallest absolute Gasteiger partial charge is 0.262 e. The summed E-state index contributed by atoms with van der Waals surface area (Å²) in [5.74, 6) is -0.510. The van der Waals surface area contributed by atoms with Crippen LogP contribution in [-0.4, -0.2) is 15.2 Å². The first-order chi connectivity index (χ1) is 10.0. The number of phenolic OH excluding ortho intramolecular Hbond substituents is 1. The molecule has 0 aliphatic carbocycles. The largest absolute Gasteiger partial charge is 0.507 e. The van der Waals surface area contributed by atoms with Gasteiger partial charge in [0.1, 0.15) is 11.6 Å². The topological polar surface area (TPSA) is 59.2 Å². The summed E-state index contributed by atoms with van der Waals surface area (Å²) in [4.78, 5) is 4.15. The summed E-state index contributed by atoms with van der Waals surface area (Å²) >= 11 is 11.8. The number of benzene rings is 2. The Balaban J connectivity index is 2.03. The number of halogens is 3. The monoisotopic (exact) mass is 324 g/mol. The third-order valence-electron chi connectivity index (χ3n) is 2.74. The molecule has 1 heterocycles. The van der Waals surface area contributed by atoms with E-state index in [9.17, 15) is 9.50 Å². The number of phenols is 1. The van der Waals surface area contributed by atoms with Gasteiger partial charge in [0, 0.05) is 21.7 Å². The Bertz CT molecular complexity index is 800. The van der Waals surface area contributed by atoms with Gasteiger partial charge >= 0.3 is 0 Å². The number of aromatic nitrogens is 2. The van der Waals surface area contributed by atoms with Crippen molar-refractivity contribution in [2.24, 2.45) is 0 Å². The standard InChI is InChI=1S/C14H7Cl2FN2O2/c15-8-3-7(4-9(16)5-8)13-18-14(21-19-13)11-2-1-10(17)6-12(11)20/h1-6,20H. The second kappa shape index (κ2) is 5.35. The maximum atomic E-state index is 13.0. The van der Waals surface area contributed by atoms with Crippen molar-refractivity contribution in [1.82, 2.24) is 10.1 Å². The van der Waals surface area contributed by atoms with Crippen molar-refractivity contribution in [2.75, 3.05) is 0 Å². The van der Waals surface area contributed by atoms with E-state index in [-0.39, 0.29) is 23.0 Å². The van der Waals surface area contributed by atoms with Gasteiger partial charge in [-0.3, -0.25) is 0 Å². The van der Waals surface area contributed by atoms with Gasteiger partial charge in [0.15, 0.2) is 0 Å². The highest BCUT2D eigenvalue weighted by Gasteiger charge is 2.15. The van der Waals surface area contributed by atoms with E-state index in [4.69, 9.17) is 27.7 Å². The Morgan fingerprint density at radius 3 is 2.43 bits per heavy atom. The summed E-state index contributed by atoms with van der Waals surface area (Å²) < 4.78 is 18.0. The lowest BCUT2D eigenvalue weighted by Gasteiger charge is -1.98. The maximum Gasteiger partial charge on any atom is 0.262 e. The molecular formula is C14H7Cl2FN2O2. The van der Waals surface area contributed by atoms with Crippen LogP contribution >= 0.6 is 23.2 Å². The first kappa shape index (κ1) is 13.9. The zero-order valence-electron chi connectivity index (χ0n) is 10.3. The van der Waals surface area contributed by atoms with Gasteiger partial charge in [0.25, 0.3) is 5.89 Å². The van der Waals surface area contributed by atoms with Crippen LogP contribution < -0.4 is 0 Å². The van der Waals surface area contributed by atoms with Gasteiger partial charge in [-0.15, -0.1) is 0 Å². The van der Waals surface area contributed by atoms with Crippen molar-refractivity contribution in [3.05, 3.63) is 52.3 Å². The molecule has 0 amide bonds. The summed E-state index contributed by atoms with van der Waals surface area (Å²) in [5.41, 5.74) is 0.812. The van der Waals surface area contributed by atoms with Crippen molar-refractivity contribution < 1.29 is 14.0 Å². The quantitative estimate of drug-likeness (QED) is 0.751. The third kappa shape index (κ3) is 2.84. The molecule has 21 heavy (non-hydrogen) atoms. The van der Waals surface area contributed by atoms with Crippen LogP contribution in [0.3, 0.4) is 0 Å². The summed E-state index contributed by atoms with van der Waals surface area (Å²) in [6.07, 6.45) is 0. The molecule has 0 bridgehead atoms. The highest BCUT2D eigenvalue weighted by Crippen LogP contribution is 2.31. The average molecular weight is 325 g/mol. The Morgan fingerprint density at radius 1 is 1.05 bits per heavy atom. The van der Waals surface area contributed by atoms with E-state index in [1.54, 1.807) is 18.2 Å². The molecule has 3 rings (SSSR count). The van der Waals surface area contributed by atoms with Gasteiger partial charge in [0.05, 0.1) is 5.56 Å². The van der Waals surface area contributed by atoms with Crippen LogP contribution in [0.15, 0.2) is 40.9 Å². The fourth-order valence-electron chi connectivity index (χ4n) is 1.82. The van der Waals surface area contributed by atoms with Gasteiger partial charge in [-0.1, -0.05) is 28.4 Å². The van der Waals surface area contributed by atoms with E-state index in [0.717, 1.165) is 6.07 Å². The highest BCUT2D eigenvalue weighted by molar-refractivity contribution is 6.35. The second-order valence-electron chi connectivity index (χ2n) is 4.24. The molecule has 106 valence electrons. The summed E-state index contributed by atoms with van der Waals surface area (Å²) in [6, 6.07) is 8.36. The predicted molar refractivity (Wildman–Crippen MR) is 76.8 cm³/mol. The molecular weight excluding hydrogens is 318 g/mol. The number of hydrogen-bond acceptors (Lipinski definition) is 4. The fraction of sp³-hybridized carbons (Fsp3) is 0. The Hall–Kier alpha value is -2.11. The molecule has 2 aromatic carbocycles. The van der Waals surface area contributed by atoms with Crippen LogP contribution in [0.2, 0.25) is 10.0 Å². The number of aromatic hydroxyl groups is 1. The lowest BCUT2D eigenvalue weighted by Crippen LogP contribution is -1.83. The Kier molecular flexibility index (Phi) is 3.53. The summed E-state index contributed by atoms with van der Waals surface area (Å²) in [6.45, 7) is 0. The van der Waals surface area contributed by atoms with Crippen LogP contribution in [0.4, 0.5) is 4.39 Å². The highest BCUT2D eigenvalue weighted by atomic mass is 35.5. The number of hydrogen-bond donors (Lipinski definition) is 1. The SMILES string of the molecule is Oc1cc(F)ccc1-c1nc(-c2cc(Cl)cc(Cl)c2)no1. The molecule has 1 N–H and O–H groups in total. The molecule has 0 saturated heterocycles. The van der Waals surface area contributed by atoms with E-state index < -0.39 is 5.82 Å². The molecule has 0 fully saturated rings. The van der Waals surface area contributed by atoms with Crippen molar-refractivity contribution in [1.29, 1.82) is 0 Å². The van der Waals surface area contributed by atoms with E-state index in [0.29, 0.717) is 15.6 Å². The van der Waals surface area contributed by atoms with E-state index in [1.165, 1.54) is 12.1 Å². The van der Waals surface area contributed by atoms with Crippen LogP contribution in [0, 0.1) is 5.82 Å². The van der Waals surface area contributed by atoms with Gasteiger partial charge in [-0.25, -0.2) is 4.39 Å². The first-order valence-corrected chi connectivity index (χ1v) is 6.57. The van der Waals surface area contributed by atoms with Crippen LogP contribution in [0.25, 0.3) is 22.8 Å². The second-order valence-corrected chi connectivity index (χ2v) is 5.12. The molecule has 1 aromatic heterocycles. The lowest BCUT2D eigenvalue weighted by molar-refractivity contribution is 0.425. The van der Waals surface area contributed by atoms with Crippen molar-refractivity contribution in [3.63, 3.8) is 0 Å². The molecule has 0 aliphatic rings. The normalized spacial score (nSPS) is 10.8. The van der Waals surface area contributed by atoms with Crippen LogP contribution in [0.5, 0.6) is 5.75 Å². The van der Waals surface area contributed by atoms with Gasteiger partial charge in [0.2, 0.25) is 5.82 Å². The third-order valence-corrected chi connectivity index (χ3v) is 3.17. The van der Waals surface area contributed by atoms with Crippen LogP contribution in [0.1, 0.15) is 0 Å². The minimum Gasteiger partial charge on any atom is -0.507 e. The average Bonchev–Trinajstić information content (AvgIpc) is 2.87.